The van der Waals surface area contributed by atoms with E-state index in [1.165, 1.54) is 19.3 Å². The first-order chi connectivity index (χ1) is 7.25. The molecule has 2 aromatic heterocycles. The molecule has 1 fully saturated rings. The maximum Gasteiger partial charge on any atom is 0.149 e. The van der Waals surface area contributed by atoms with Gasteiger partial charge in [-0.1, -0.05) is 18.0 Å². The minimum absolute atomic E-state index is 0.580. The van der Waals surface area contributed by atoms with Crippen LogP contribution in [0.25, 0.3) is 5.52 Å². The van der Waals surface area contributed by atoms with Crippen molar-refractivity contribution in [3.8, 4) is 0 Å². The highest BCUT2D eigenvalue weighted by Gasteiger charge is 2.24. The zero-order valence-corrected chi connectivity index (χ0v) is 9.04. The Balaban J connectivity index is 2.22. The molecule has 3 nitrogen and oxygen atoms in total. The van der Waals surface area contributed by atoms with Crippen molar-refractivity contribution in [3.63, 3.8) is 0 Å². The maximum atomic E-state index is 5.93. The molecule has 2 aromatic rings. The fourth-order valence-electron chi connectivity index (χ4n) is 2.06. The van der Waals surface area contributed by atoms with Gasteiger partial charge in [-0.05, 0) is 25.0 Å². The Morgan fingerprint density at radius 3 is 2.93 bits per heavy atom. The number of anilines is 1. The minimum atomic E-state index is 0.580. The molecule has 0 aromatic carbocycles. The zero-order valence-electron chi connectivity index (χ0n) is 8.28. The van der Waals surface area contributed by atoms with Gasteiger partial charge in [0.05, 0.1) is 5.52 Å². The largest absolute Gasteiger partial charge is 0.382 e. The van der Waals surface area contributed by atoms with Crippen molar-refractivity contribution in [3.05, 3.63) is 29.2 Å². The number of aromatic nitrogens is 2. The molecule has 0 amide bonds. The van der Waals surface area contributed by atoms with E-state index in [1.54, 1.807) is 0 Å². The summed E-state index contributed by atoms with van der Waals surface area (Å²) in [5.74, 6) is 2.25. The minimum Gasteiger partial charge on any atom is -0.382 e. The Bertz CT molecular complexity index is 514. The van der Waals surface area contributed by atoms with Crippen molar-refractivity contribution in [2.24, 2.45) is 0 Å². The van der Waals surface area contributed by atoms with Crippen LogP contribution < -0.4 is 5.73 Å². The molecule has 0 bridgehead atoms. The van der Waals surface area contributed by atoms with Crippen LogP contribution in [0.1, 0.15) is 31.0 Å². The van der Waals surface area contributed by atoms with Gasteiger partial charge in [0, 0.05) is 17.1 Å². The summed E-state index contributed by atoms with van der Waals surface area (Å²) in [6.07, 6.45) is 5.70. The second kappa shape index (κ2) is 3.14. The fraction of sp³-hybridized carbons (Fsp3) is 0.364. The summed E-state index contributed by atoms with van der Waals surface area (Å²) in [6.45, 7) is 0. The Hall–Kier alpha value is -1.22. The zero-order chi connectivity index (χ0) is 10.4. The number of nitrogens with zero attached hydrogens (tertiary/aromatic N) is 2. The molecule has 0 atom stereocenters. The third-order valence-electron chi connectivity index (χ3n) is 3.13. The van der Waals surface area contributed by atoms with Gasteiger partial charge in [0.2, 0.25) is 0 Å². The predicted molar refractivity (Wildman–Crippen MR) is 61.2 cm³/mol. The summed E-state index contributed by atoms with van der Waals surface area (Å²) in [5, 5.41) is 0.703. The molecular formula is C11H12ClN3. The van der Waals surface area contributed by atoms with E-state index in [4.69, 9.17) is 17.3 Å². The second-order valence-electron chi connectivity index (χ2n) is 4.08. The lowest BCUT2D eigenvalue weighted by Crippen LogP contribution is -2.12. The van der Waals surface area contributed by atoms with Gasteiger partial charge in [-0.25, -0.2) is 4.98 Å². The summed E-state index contributed by atoms with van der Waals surface area (Å²) >= 11 is 5.93. The highest BCUT2D eigenvalue weighted by atomic mass is 35.5. The first-order valence-electron chi connectivity index (χ1n) is 5.18. The molecule has 15 heavy (non-hydrogen) atoms. The number of fused-ring (bicyclic) bond motifs is 1. The molecule has 0 spiro atoms. The van der Waals surface area contributed by atoms with Crippen molar-refractivity contribution >= 4 is 22.9 Å². The van der Waals surface area contributed by atoms with E-state index >= 15 is 0 Å². The molecule has 1 saturated carbocycles. The lowest BCUT2D eigenvalue weighted by Gasteiger charge is -2.23. The van der Waals surface area contributed by atoms with Crippen LogP contribution in [0, 0.1) is 0 Å². The van der Waals surface area contributed by atoms with E-state index in [-0.39, 0.29) is 0 Å². The van der Waals surface area contributed by atoms with Crippen molar-refractivity contribution in [1.82, 2.24) is 9.38 Å². The third kappa shape index (κ3) is 1.30. The summed E-state index contributed by atoms with van der Waals surface area (Å²) in [6, 6.07) is 3.74. The fourth-order valence-corrected chi connectivity index (χ4v) is 2.22. The number of imidazole rings is 1. The normalized spacial score (nSPS) is 16.9. The number of nitrogens with two attached hydrogens (primary N) is 1. The molecule has 78 valence electrons. The number of nitrogen functional groups attached to an aromatic ring is 1. The van der Waals surface area contributed by atoms with Crippen molar-refractivity contribution in [1.29, 1.82) is 0 Å². The van der Waals surface area contributed by atoms with Crippen LogP contribution in [-0.4, -0.2) is 9.38 Å². The highest BCUT2D eigenvalue weighted by molar-refractivity contribution is 6.31. The third-order valence-corrected chi connectivity index (χ3v) is 3.37. The van der Waals surface area contributed by atoms with E-state index in [0.717, 1.165) is 11.3 Å². The number of halogens is 1. The molecule has 3 rings (SSSR count). The predicted octanol–water partition coefficient (Wildman–Crippen LogP) is 2.84. The number of rotatable bonds is 1. The van der Waals surface area contributed by atoms with Crippen LogP contribution in [0.15, 0.2) is 18.3 Å². The van der Waals surface area contributed by atoms with Crippen molar-refractivity contribution in [2.45, 2.75) is 25.2 Å². The van der Waals surface area contributed by atoms with Crippen LogP contribution in [0.2, 0.25) is 5.02 Å². The van der Waals surface area contributed by atoms with E-state index in [0.29, 0.717) is 16.8 Å². The van der Waals surface area contributed by atoms with Crippen molar-refractivity contribution in [2.75, 3.05) is 5.73 Å². The lowest BCUT2D eigenvalue weighted by atomic mass is 9.85. The Labute approximate surface area is 92.9 Å². The standard InChI is InChI=1S/C11H12ClN3/c12-8-4-5-15-9(6-8)10(13)14-11(15)7-2-1-3-7/h4-7H,1-3,13H2. The maximum absolute atomic E-state index is 5.93. The molecule has 2 heterocycles. The average Bonchev–Trinajstić information content (AvgIpc) is 2.41. The first-order valence-corrected chi connectivity index (χ1v) is 5.56. The quantitative estimate of drug-likeness (QED) is 0.805. The number of pyridine rings is 1. The lowest BCUT2D eigenvalue weighted by molar-refractivity contribution is 0.400. The second-order valence-corrected chi connectivity index (χ2v) is 4.52. The number of hydrogen-bond acceptors (Lipinski definition) is 2. The molecule has 0 aliphatic heterocycles. The monoisotopic (exact) mass is 221 g/mol. The summed E-state index contributed by atoms with van der Waals surface area (Å²) in [4.78, 5) is 4.43. The highest BCUT2D eigenvalue weighted by Crippen LogP contribution is 2.37. The van der Waals surface area contributed by atoms with Gasteiger partial charge < -0.3 is 10.1 Å². The molecule has 0 saturated heterocycles. The molecule has 1 aliphatic carbocycles. The van der Waals surface area contributed by atoms with Crippen LogP contribution in [0.5, 0.6) is 0 Å². The van der Waals surface area contributed by atoms with E-state index in [9.17, 15) is 0 Å². The summed E-state index contributed by atoms with van der Waals surface area (Å²) in [7, 11) is 0. The van der Waals surface area contributed by atoms with Gasteiger partial charge in [0.25, 0.3) is 0 Å². The first kappa shape index (κ1) is 9.04. The Kier molecular flexibility index (Phi) is 1.89. The smallest absolute Gasteiger partial charge is 0.149 e. The van der Waals surface area contributed by atoms with Gasteiger partial charge in [0.1, 0.15) is 11.6 Å². The van der Waals surface area contributed by atoms with E-state index in [2.05, 4.69) is 9.38 Å². The molecule has 0 radical (unpaired) electrons. The number of hydrogen-bond donors (Lipinski definition) is 1. The van der Waals surface area contributed by atoms with Crippen LogP contribution >= 0.6 is 11.6 Å². The van der Waals surface area contributed by atoms with Crippen LogP contribution in [-0.2, 0) is 0 Å². The topological polar surface area (TPSA) is 43.3 Å². The summed E-state index contributed by atoms with van der Waals surface area (Å²) in [5.41, 5.74) is 6.79. The van der Waals surface area contributed by atoms with Gasteiger partial charge in [-0.3, -0.25) is 0 Å². The van der Waals surface area contributed by atoms with E-state index < -0.39 is 0 Å². The molecule has 4 heteroatoms. The summed E-state index contributed by atoms with van der Waals surface area (Å²) < 4.78 is 2.06. The van der Waals surface area contributed by atoms with Gasteiger partial charge in [-0.15, -0.1) is 0 Å². The Morgan fingerprint density at radius 2 is 2.27 bits per heavy atom. The Morgan fingerprint density at radius 1 is 1.47 bits per heavy atom. The van der Waals surface area contributed by atoms with Crippen LogP contribution in [0.3, 0.4) is 0 Å². The average molecular weight is 222 g/mol. The molecule has 0 unspecified atom stereocenters. The van der Waals surface area contributed by atoms with Gasteiger partial charge in [-0.2, -0.15) is 0 Å². The van der Waals surface area contributed by atoms with Gasteiger partial charge in [0.15, 0.2) is 0 Å². The van der Waals surface area contributed by atoms with Crippen molar-refractivity contribution < 1.29 is 0 Å². The molecular weight excluding hydrogens is 210 g/mol. The molecule has 2 N–H and O–H groups in total. The van der Waals surface area contributed by atoms with Gasteiger partial charge >= 0.3 is 0 Å². The SMILES string of the molecule is Nc1nc(C2CCC2)n2ccc(Cl)cc12. The van der Waals surface area contributed by atoms with E-state index in [1.807, 2.05) is 18.3 Å². The molecule has 1 aliphatic rings. The van der Waals surface area contributed by atoms with Crippen LogP contribution in [0.4, 0.5) is 5.82 Å².